The van der Waals surface area contributed by atoms with E-state index in [2.05, 4.69) is 60.1 Å². The van der Waals surface area contributed by atoms with Gasteiger partial charge in [-0.3, -0.25) is 0 Å². The van der Waals surface area contributed by atoms with Gasteiger partial charge in [-0.05, 0) is 55.2 Å². The van der Waals surface area contributed by atoms with Gasteiger partial charge in [0.1, 0.15) is 0 Å². The fourth-order valence-corrected chi connectivity index (χ4v) is 3.45. The van der Waals surface area contributed by atoms with Gasteiger partial charge in [0.25, 0.3) is 0 Å². The Labute approximate surface area is 133 Å². The molecule has 0 fully saturated rings. The first-order valence-electron chi connectivity index (χ1n) is 6.67. The molecule has 0 heterocycles. The predicted octanol–water partition coefficient (Wildman–Crippen LogP) is 4.76. The molecule has 0 aliphatic rings. The molecule has 1 N–H and O–H groups in total. The summed E-state index contributed by atoms with van der Waals surface area (Å²) in [5, 5.41) is 10.2. The van der Waals surface area contributed by atoms with Crippen LogP contribution in [0.25, 0.3) is 0 Å². The van der Waals surface area contributed by atoms with Gasteiger partial charge in [0.2, 0.25) is 0 Å². The molecule has 106 valence electrons. The second-order valence-corrected chi connectivity index (χ2v) is 7.05. The highest BCUT2D eigenvalue weighted by atomic mass is 79.9. The van der Waals surface area contributed by atoms with Crippen molar-refractivity contribution in [2.24, 2.45) is 0 Å². The molecule has 0 saturated carbocycles. The van der Waals surface area contributed by atoms with Crippen molar-refractivity contribution in [2.45, 2.75) is 31.3 Å². The van der Waals surface area contributed by atoms with Crippen LogP contribution in [0.2, 0.25) is 0 Å². The summed E-state index contributed by atoms with van der Waals surface area (Å²) in [7, 11) is 0. The zero-order valence-corrected chi connectivity index (χ0v) is 14.2. The van der Waals surface area contributed by atoms with Gasteiger partial charge in [-0.2, -0.15) is 0 Å². The van der Waals surface area contributed by atoms with Gasteiger partial charge in [0.15, 0.2) is 0 Å². The number of aliphatic hydroxyl groups is 1. The van der Waals surface area contributed by atoms with E-state index in [-0.39, 0.29) is 6.10 Å². The molecular weight excluding hydrogens is 332 g/mol. The van der Waals surface area contributed by atoms with Crippen LogP contribution in [0.1, 0.15) is 16.7 Å². The molecule has 0 radical (unpaired) electrons. The first kappa shape index (κ1) is 15.6. The highest BCUT2D eigenvalue weighted by molar-refractivity contribution is 9.10. The molecule has 0 aliphatic carbocycles. The van der Waals surface area contributed by atoms with E-state index >= 15 is 0 Å². The highest BCUT2D eigenvalue weighted by Crippen LogP contribution is 2.23. The minimum atomic E-state index is -0.318. The number of hydrogen-bond donors (Lipinski definition) is 1. The van der Waals surface area contributed by atoms with E-state index in [1.165, 1.54) is 21.6 Å². The van der Waals surface area contributed by atoms with Gasteiger partial charge < -0.3 is 5.11 Å². The normalized spacial score (nSPS) is 12.4. The summed E-state index contributed by atoms with van der Waals surface area (Å²) >= 11 is 5.15. The molecule has 0 aromatic heterocycles. The maximum Gasteiger partial charge on any atom is 0.0674 e. The van der Waals surface area contributed by atoms with E-state index < -0.39 is 0 Å². The minimum absolute atomic E-state index is 0.318. The van der Waals surface area contributed by atoms with Crippen molar-refractivity contribution in [1.29, 1.82) is 0 Å². The number of benzene rings is 2. The van der Waals surface area contributed by atoms with Crippen molar-refractivity contribution in [2.75, 3.05) is 5.75 Å². The fourth-order valence-electron chi connectivity index (χ4n) is 2.01. The number of aliphatic hydroxyl groups excluding tert-OH is 1. The Hall–Kier alpha value is -0.770. The van der Waals surface area contributed by atoms with Gasteiger partial charge in [0.05, 0.1) is 6.10 Å². The average molecular weight is 351 g/mol. The second kappa shape index (κ2) is 7.30. The van der Waals surface area contributed by atoms with Crippen LogP contribution in [0, 0.1) is 13.8 Å². The number of rotatable bonds is 5. The Morgan fingerprint density at radius 3 is 2.60 bits per heavy atom. The lowest BCUT2D eigenvalue weighted by atomic mass is 10.0. The number of thioether (sulfide) groups is 1. The minimum Gasteiger partial charge on any atom is -0.392 e. The molecule has 1 unspecified atom stereocenters. The lowest BCUT2D eigenvalue weighted by Crippen LogP contribution is -2.13. The topological polar surface area (TPSA) is 20.2 Å². The van der Waals surface area contributed by atoms with Crippen molar-refractivity contribution in [3.63, 3.8) is 0 Å². The van der Waals surface area contributed by atoms with Crippen molar-refractivity contribution >= 4 is 27.7 Å². The molecule has 2 aromatic rings. The van der Waals surface area contributed by atoms with Gasteiger partial charge in [-0.15, -0.1) is 11.8 Å². The van der Waals surface area contributed by atoms with Crippen LogP contribution in [0.4, 0.5) is 0 Å². The Morgan fingerprint density at radius 2 is 1.90 bits per heavy atom. The summed E-state index contributed by atoms with van der Waals surface area (Å²) in [6.07, 6.45) is 0.392. The zero-order chi connectivity index (χ0) is 14.5. The number of aryl methyl sites for hydroxylation is 2. The van der Waals surface area contributed by atoms with Crippen LogP contribution in [-0.4, -0.2) is 17.0 Å². The lowest BCUT2D eigenvalue weighted by molar-refractivity contribution is 0.200. The molecule has 2 rings (SSSR count). The first-order valence-corrected chi connectivity index (χ1v) is 8.45. The van der Waals surface area contributed by atoms with Crippen LogP contribution in [0.3, 0.4) is 0 Å². The van der Waals surface area contributed by atoms with Gasteiger partial charge in [0, 0.05) is 15.1 Å². The zero-order valence-electron chi connectivity index (χ0n) is 11.8. The summed E-state index contributed by atoms with van der Waals surface area (Å²) in [5.41, 5.74) is 3.79. The molecule has 20 heavy (non-hydrogen) atoms. The van der Waals surface area contributed by atoms with E-state index in [1.54, 1.807) is 11.8 Å². The highest BCUT2D eigenvalue weighted by Gasteiger charge is 2.07. The maximum atomic E-state index is 10.2. The summed E-state index contributed by atoms with van der Waals surface area (Å²) in [6.45, 7) is 4.22. The van der Waals surface area contributed by atoms with E-state index in [0.717, 1.165) is 4.47 Å². The van der Waals surface area contributed by atoms with E-state index in [4.69, 9.17) is 0 Å². The fraction of sp³-hybridized carbons (Fsp3) is 0.294. The van der Waals surface area contributed by atoms with Crippen LogP contribution in [-0.2, 0) is 6.42 Å². The van der Waals surface area contributed by atoms with E-state index in [0.29, 0.717) is 12.2 Å². The standard InChI is InChI=1S/C17H19BrOS/c1-12-6-7-14(8-13(12)2)9-16(19)11-20-17-5-3-4-15(18)10-17/h3-8,10,16,19H,9,11H2,1-2H3. The molecule has 1 nitrogen and oxygen atoms in total. The Morgan fingerprint density at radius 1 is 1.10 bits per heavy atom. The monoisotopic (exact) mass is 350 g/mol. The molecule has 0 amide bonds. The van der Waals surface area contributed by atoms with E-state index in [1.807, 2.05) is 12.1 Å². The third kappa shape index (κ3) is 4.65. The smallest absolute Gasteiger partial charge is 0.0674 e. The summed E-state index contributed by atoms with van der Waals surface area (Å²) in [4.78, 5) is 1.18. The predicted molar refractivity (Wildman–Crippen MR) is 90.5 cm³/mol. The van der Waals surface area contributed by atoms with Crippen LogP contribution < -0.4 is 0 Å². The summed E-state index contributed by atoms with van der Waals surface area (Å²) in [6, 6.07) is 14.6. The van der Waals surface area contributed by atoms with Crippen LogP contribution in [0.5, 0.6) is 0 Å². The largest absolute Gasteiger partial charge is 0.392 e. The van der Waals surface area contributed by atoms with Gasteiger partial charge in [-0.1, -0.05) is 40.2 Å². The molecule has 0 spiro atoms. The van der Waals surface area contributed by atoms with Crippen LogP contribution >= 0.6 is 27.7 Å². The molecule has 1 atom stereocenters. The van der Waals surface area contributed by atoms with Crippen molar-refractivity contribution < 1.29 is 5.11 Å². The van der Waals surface area contributed by atoms with E-state index in [9.17, 15) is 5.11 Å². The number of halogens is 1. The maximum absolute atomic E-state index is 10.2. The first-order chi connectivity index (χ1) is 9.54. The van der Waals surface area contributed by atoms with Gasteiger partial charge in [-0.25, -0.2) is 0 Å². The molecule has 0 aliphatic heterocycles. The van der Waals surface area contributed by atoms with Crippen molar-refractivity contribution in [1.82, 2.24) is 0 Å². The molecule has 2 aromatic carbocycles. The average Bonchev–Trinajstić information content (AvgIpc) is 2.41. The molecule has 0 saturated heterocycles. The quantitative estimate of drug-likeness (QED) is 0.784. The van der Waals surface area contributed by atoms with Crippen molar-refractivity contribution in [3.05, 3.63) is 63.6 Å². The Kier molecular flexibility index (Phi) is 5.70. The Balaban J connectivity index is 1.89. The third-order valence-electron chi connectivity index (χ3n) is 3.28. The Bertz CT molecular complexity index is 583. The summed E-state index contributed by atoms with van der Waals surface area (Å²) in [5.74, 6) is 0.712. The molecule has 0 bridgehead atoms. The second-order valence-electron chi connectivity index (χ2n) is 5.04. The van der Waals surface area contributed by atoms with Crippen molar-refractivity contribution in [3.8, 4) is 0 Å². The van der Waals surface area contributed by atoms with Gasteiger partial charge >= 0.3 is 0 Å². The lowest BCUT2D eigenvalue weighted by Gasteiger charge is -2.12. The van der Waals surface area contributed by atoms with Crippen LogP contribution in [0.15, 0.2) is 51.8 Å². The number of hydrogen-bond acceptors (Lipinski definition) is 2. The SMILES string of the molecule is Cc1ccc(CC(O)CSc2cccc(Br)c2)cc1C. The molecule has 3 heteroatoms. The third-order valence-corrected chi connectivity index (χ3v) is 4.91. The summed E-state index contributed by atoms with van der Waals surface area (Å²) < 4.78 is 1.08. The molecular formula is C17H19BrOS.